The number of nitrogens with zero attached hydrogens (tertiary/aromatic N) is 3. The number of rotatable bonds is 4. The first-order chi connectivity index (χ1) is 11.8. The summed E-state index contributed by atoms with van der Waals surface area (Å²) in [5.74, 6) is 1.51. The molecule has 3 aromatic rings. The molecule has 1 N–H and O–H groups in total. The molecule has 122 valence electrons. The second-order valence-corrected chi connectivity index (χ2v) is 6.90. The first-order valence-corrected chi connectivity index (χ1v) is 9.07. The third-order valence-corrected chi connectivity index (χ3v) is 5.31. The quantitative estimate of drug-likeness (QED) is 0.741. The van der Waals surface area contributed by atoms with Crippen LogP contribution in [0.15, 0.2) is 53.7 Å². The molecule has 0 radical (unpaired) electrons. The summed E-state index contributed by atoms with van der Waals surface area (Å²) in [7, 11) is 0. The lowest BCUT2D eigenvalue weighted by molar-refractivity contribution is -0.129. The first kappa shape index (κ1) is 15.2. The van der Waals surface area contributed by atoms with Crippen molar-refractivity contribution in [2.24, 2.45) is 0 Å². The fourth-order valence-electron chi connectivity index (χ4n) is 3.14. The van der Waals surface area contributed by atoms with Crippen LogP contribution in [0.25, 0.3) is 11.0 Å². The Hall–Kier alpha value is -2.34. The molecule has 0 bridgehead atoms. The van der Waals surface area contributed by atoms with Crippen LogP contribution in [-0.2, 0) is 4.79 Å². The number of para-hydroxylation sites is 2. The summed E-state index contributed by atoms with van der Waals surface area (Å²) >= 11 is 1.56. The smallest absolute Gasteiger partial charge is 0.233 e. The molecule has 3 heterocycles. The third-order valence-electron chi connectivity index (χ3n) is 4.31. The minimum atomic E-state index is 0.0583. The number of thioether (sulfide) groups is 1. The SMILES string of the molecule is O=C(CSc1ccncc1)N1CCCC1c1nc2ccccc2[nH]1. The minimum absolute atomic E-state index is 0.0583. The van der Waals surface area contributed by atoms with E-state index in [1.807, 2.05) is 41.3 Å². The average Bonchev–Trinajstić information content (AvgIpc) is 3.26. The number of pyridine rings is 1. The summed E-state index contributed by atoms with van der Waals surface area (Å²) in [6, 6.07) is 11.9. The van der Waals surface area contributed by atoms with E-state index in [1.54, 1.807) is 24.2 Å². The van der Waals surface area contributed by atoms with Crippen LogP contribution in [0.4, 0.5) is 0 Å². The molecule has 2 aromatic heterocycles. The van der Waals surface area contributed by atoms with E-state index < -0.39 is 0 Å². The number of aromatic nitrogens is 3. The number of H-pyrrole nitrogens is 1. The Morgan fingerprint density at radius 3 is 2.92 bits per heavy atom. The van der Waals surface area contributed by atoms with Gasteiger partial charge in [-0.2, -0.15) is 0 Å². The maximum atomic E-state index is 12.7. The van der Waals surface area contributed by atoms with Crippen LogP contribution in [0.1, 0.15) is 24.7 Å². The molecule has 1 saturated heterocycles. The van der Waals surface area contributed by atoms with Gasteiger partial charge in [-0.05, 0) is 37.1 Å². The van der Waals surface area contributed by atoms with E-state index in [0.29, 0.717) is 5.75 Å². The monoisotopic (exact) mass is 338 g/mol. The fraction of sp³-hybridized carbons (Fsp3) is 0.278. The summed E-state index contributed by atoms with van der Waals surface area (Å²) in [6.45, 7) is 0.803. The fourth-order valence-corrected chi connectivity index (χ4v) is 3.91. The second kappa shape index (κ2) is 6.65. The number of carbonyl (C=O) groups is 1. The highest BCUT2D eigenvalue weighted by atomic mass is 32.2. The van der Waals surface area contributed by atoms with Gasteiger partial charge in [0.15, 0.2) is 0 Å². The second-order valence-electron chi connectivity index (χ2n) is 5.86. The number of fused-ring (bicyclic) bond motifs is 1. The summed E-state index contributed by atoms with van der Waals surface area (Å²) in [5.41, 5.74) is 1.98. The van der Waals surface area contributed by atoms with Crippen molar-refractivity contribution in [2.75, 3.05) is 12.3 Å². The standard InChI is InChI=1S/C18H18N4OS/c23-17(12-24-13-7-9-19-10-8-13)22-11-3-6-16(22)18-20-14-4-1-2-5-15(14)21-18/h1-2,4-5,7-10,16H,3,6,11-12H2,(H,20,21). The Morgan fingerprint density at radius 2 is 2.08 bits per heavy atom. The molecule has 0 spiro atoms. The van der Waals surface area contributed by atoms with Crippen molar-refractivity contribution < 1.29 is 4.79 Å². The number of nitrogens with one attached hydrogen (secondary N) is 1. The van der Waals surface area contributed by atoms with Crippen LogP contribution >= 0.6 is 11.8 Å². The van der Waals surface area contributed by atoms with Gasteiger partial charge in [-0.1, -0.05) is 12.1 Å². The molecule has 6 heteroatoms. The number of aromatic amines is 1. The number of carbonyl (C=O) groups excluding carboxylic acids is 1. The lowest BCUT2D eigenvalue weighted by Crippen LogP contribution is -2.32. The molecule has 1 unspecified atom stereocenters. The predicted molar refractivity (Wildman–Crippen MR) is 94.7 cm³/mol. The molecule has 1 aliphatic heterocycles. The molecule has 1 atom stereocenters. The van der Waals surface area contributed by atoms with E-state index in [0.717, 1.165) is 41.1 Å². The highest BCUT2D eigenvalue weighted by Crippen LogP contribution is 2.32. The zero-order valence-electron chi connectivity index (χ0n) is 13.2. The third kappa shape index (κ3) is 3.01. The van der Waals surface area contributed by atoms with Crippen LogP contribution in [0.2, 0.25) is 0 Å². The van der Waals surface area contributed by atoms with E-state index in [2.05, 4.69) is 15.0 Å². The van der Waals surface area contributed by atoms with Crippen LogP contribution in [0, 0.1) is 0 Å². The lowest BCUT2D eigenvalue weighted by atomic mass is 10.2. The summed E-state index contributed by atoms with van der Waals surface area (Å²) in [4.78, 5) is 27.8. The number of hydrogen-bond donors (Lipinski definition) is 1. The molecular weight excluding hydrogens is 320 g/mol. The highest BCUT2D eigenvalue weighted by Gasteiger charge is 2.31. The molecule has 1 fully saturated rings. The van der Waals surface area contributed by atoms with Gasteiger partial charge < -0.3 is 9.88 Å². The number of imidazole rings is 1. The van der Waals surface area contributed by atoms with Crippen molar-refractivity contribution >= 4 is 28.7 Å². The lowest BCUT2D eigenvalue weighted by Gasteiger charge is -2.23. The van der Waals surface area contributed by atoms with Crippen molar-refractivity contribution in [1.29, 1.82) is 0 Å². The molecule has 1 aliphatic rings. The molecule has 24 heavy (non-hydrogen) atoms. The molecular formula is C18H18N4OS. The van der Waals surface area contributed by atoms with E-state index in [-0.39, 0.29) is 11.9 Å². The minimum Gasteiger partial charge on any atom is -0.340 e. The van der Waals surface area contributed by atoms with E-state index >= 15 is 0 Å². The summed E-state index contributed by atoms with van der Waals surface area (Å²) < 4.78 is 0. The zero-order valence-corrected chi connectivity index (χ0v) is 14.0. The van der Waals surface area contributed by atoms with Crippen molar-refractivity contribution in [1.82, 2.24) is 19.9 Å². The number of hydrogen-bond acceptors (Lipinski definition) is 4. The zero-order chi connectivity index (χ0) is 16.4. The van der Waals surface area contributed by atoms with Gasteiger partial charge in [-0.15, -0.1) is 11.8 Å². The van der Waals surface area contributed by atoms with Crippen LogP contribution in [-0.4, -0.2) is 38.1 Å². The van der Waals surface area contributed by atoms with Crippen LogP contribution < -0.4 is 0 Å². The van der Waals surface area contributed by atoms with Gasteiger partial charge in [0.1, 0.15) is 5.82 Å². The van der Waals surface area contributed by atoms with E-state index in [4.69, 9.17) is 0 Å². The maximum absolute atomic E-state index is 12.7. The van der Waals surface area contributed by atoms with Gasteiger partial charge in [0.25, 0.3) is 0 Å². The van der Waals surface area contributed by atoms with Crippen molar-refractivity contribution in [3.8, 4) is 0 Å². The Balaban J connectivity index is 1.48. The van der Waals surface area contributed by atoms with E-state index in [9.17, 15) is 4.79 Å². The molecule has 0 saturated carbocycles. The number of likely N-dealkylation sites (tertiary alicyclic amines) is 1. The van der Waals surface area contributed by atoms with Gasteiger partial charge in [0, 0.05) is 23.8 Å². The van der Waals surface area contributed by atoms with Gasteiger partial charge in [0.2, 0.25) is 5.91 Å². The van der Waals surface area contributed by atoms with Gasteiger partial charge in [0.05, 0.1) is 22.8 Å². The summed E-state index contributed by atoms with van der Waals surface area (Å²) in [5, 5.41) is 0. The van der Waals surface area contributed by atoms with Gasteiger partial charge >= 0.3 is 0 Å². The molecule has 4 rings (SSSR count). The van der Waals surface area contributed by atoms with Crippen molar-refractivity contribution in [3.63, 3.8) is 0 Å². The topological polar surface area (TPSA) is 61.9 Å². The van der Waals surface area contributed by atoms with Crippen LogP contribution in [0.3, 0.4) is 0 Å². The molecule has 1 aromatic carbocycles. The number of benzene rings is 1. The predicted octanol–water partition coefficient (Wildman–Crippen LogP) is 3.41. The van der Waals surface area contributed by atoms with E-state index in [1.165, 1.54) is 0 Å². The van der Waals surface area contributed by atoms with Gasteiger partial charge in [-0.3, -0.25) is 9.78 Å². The normalized spacial score (nSPS) is 17.5. The highest BCUT2D eigenvalue weighted by molar-refractivity contribution is 8.00. The Morgan fingerprint density at radius 1 is 1.25 bits per heavy atom. The van der Waals surface area contributed by atoms with Crippen molar-refractivity contribution in [3.05, 3.63) is 54.6 Å². The Kier molecular flexibility index (Phi) is 4.21. The Bertz CT molecular complexity index is 815. The molecule has 5 nitrogen and oxygen atoms in total. The maximum Gasteiger partial charge on any atom is 0.233 e. The van der Waals surface area contributed by atoms with Gasteiger partial charge in [-0.25, -0.2) is 4.98 Å². The first-order valence-electron chi connectivity index (χ1n) is 8.08. The van der Waals surface area contributed by atoms with Crippen LogP contribution in [0.5, 0.6) is 0 Å². The molecule has 0 aliphatic carbocycles. The largest absolute Gasteiger partial charge is 0.340 e. The van der Waals surface area contributed by atoms with Crippen molar-refractivity contribution in [2.45, 2.75) is 23.8 Å². The molecule has 1 amide bonds. The average molecular weight is 338 g/mol. The Labute approximate surface area is 144 Å². The number of amides is 1. The summed E-state index contributed by atoms with van der Waals surface area (Å²) in [6.07, 6.45) is 5.48.